The van der Waals surface area contributed by atoms with Crippen molar-refractivity contribution >= 4 is 0 Å². The van der Waals surface area contributed by atoms with Crippen molar-refractivity contribution in [1.29, 1.82) is 5.53 Å². The fraction of sp³-hybridized carbons (Fsp3) is 1.00. The van der Waals surface area contributed by atoms with Gasteiger partial charge in [-0.2, -0.15) is 5.11 Å². The lowest BCUT2D eigenvalue weighted by molar-refractivity contribution is 0.495. The highest BCUT2D eigenvalue weighted by Crippen LogP contribution is 2.07. The second-order valence-corrected chi connectivity index (χ2v) is 2.31. The van der Waals surface area contributed by atoms with Crippen LogP contribution in [0.25, 0.3) is 10.4 Å². The Bertz CT molecular complexity index is 143. The van der Waals surface area contributed by atoms with Gasteiger partial charge in [-0.25, -0.2) is 5.53 Å². The van der Waals surface area contributed by atoms with Crippen LogP contribution in [0.5, 0.6) is 0 Å². The first-order valence-electron chi connectivity index (χ1n) is 2.52. The van der Waals surface area contributed by atoms with Crippen LogP contribution in [-0.2, 0) is 0 Å². The molecule has 0 heterocycles. The fourth-order valence-electron chi connectivity index (χ4n) is 0.240. The zero-order valence-electron chi connectivity index (χ0n) is 5.50. The molecule has 1 N–H and O–H groups in total. The summed E-state index contributed by atoms with van der Waals surface area (Å²) in [6.45, 7) is 3.70. The Kier molecular flexibility index (Phi) is 2.67. The van der Waals surface area contributed by atoms with Crippen LogP contribution in [0, 0.1) is 5.53 Å². The Labute approximate surface area is 53.2 Å². The predicted molar refractivity (Wildman–Crippen MR) is 33.2 cm³/mol. The Morgan fingerprint density at radius 3 is 2.56 bits per heavy atom. The van der Waals surface area contributed by atoms with Crippen LogP contribution < -0.4 is 0 Å². The zero-order valence-corrected chi connectivity index (χ0v) is 5.50. The van der Waals surface area contributed by atoms with E-state index in [1.54, 1.807) is 13.8 Å². The molecular weight excluding hydrogens is 118 g/mol. The normalized spacial score (nSPS) is 10.0. The molecule has 0 aliphatic heterocycles. The first-order chi connectivity index (χ1) is 4.12. The Morgan fingerprint density at radius 2 is 2.22 bits per heavy atom. The van der Waals surface area contributed by atoms with Crippen LogP contribution in [-0.4, -0.2) is 12.1 Å². The van der Waals surface area contributed by atoms with Crippen molar-refractivity contribution in [2.45, 2.75) is 19.4 Å². The van der Waals surface area contributed by atoms with Gasteiger partial charge in [0.2, 0.25) is 0 Å². The Morgan fingerprint density at radius 1 is 1.67 bits per heavy atom. The summed E-state index contributed by atoms with van der Waals surface area (Å²) in [5.41, 5.74) is 14.0. The third-order valence-electron chi connectivity index (χ3n) is 0.824. The maximum atomic E-state index is 7.88. The van der Waals surface area contributed by atoms with E-state index in [1.165, 1.54) is 0 Å². The van der Waals surface area contributed by atoms with Gasteiger partial charge in [-0.1, -0.05) is 5.11 Å². The first-order valence-corrected chi connectivity index (χ1v) is 2.52. The fourth-order valence-corrected chi connectivity index (χ4v) is 0.240. The number of hydrogen-bond donors (Lipinski definition) is 1. The smallest absolute Gasteiger partial charge is 0.0813 e. The minimum atomic E-state index is -0.535. The maximum absolute atomic E-state index is 7.88. The molecule has 0 amide bonds. The van der Waals surface area contributed by atoms with E-state index in [0.717, 1.165) is 0 Å². The van der Waals surface area contributed by atoms with Crippen LogP contribution in [0.4, 0.5) is 0 Å². The Hall–Kier alpha value is -1.09. The average molecular weight is 127 g/mol. The molecule has 0 bridgehead atoms. The minimum absolute atomic E-state index is 0.243. The summed E-state index contributed by atoms with van der Waals surface area (Å²) in [4.78, 5) is 2.55. The third kappa shape index (κ3) is 3.49. The molecule has 0 aliphatic rings. The van der Waals surface area contributed by atoms with E-state index in [9.17, 15) is 0 Å². The topological polar surface area (TPSA) is 85.0 Å². The van der Waals surface area contributed by atoms with Crippen molar-refractivity contribution in [1.82, 2.24) is 0 Å². The highest BCUT2D eigenvalue weighted by molar-refractivity contribution is 4.76. The SMILES string of the molecule is CC(C)(CN=[N+]=[N-])N=N. The van der Waals surface area contributed by atoms with E-state index in [-0.39, 0.29) is 6.54 Å². The molecule has 0 aromatic carbocycles. The summed E-state index contributed by atoms with van der Waals surface area (Å²) in [7, 11) is 0. The Balaban J connectivity index is 3.85. The molecule has 0 spiro atoms. The first kappa shape index (κ1) is 7.91. The molecule has 0 aromatic heterocycles. The standard InChI is InChI=1S/C4H9N5/c1-4(2,8-5)3-7-9-6/h5H,3H2,1-2H3. The van der Waals surface area contributed by atoms with E-state index in [1.807, 2.05) is 0 Å². The maximum Gasteiger partial charge on any atom is 0.0813 e. The highest BCUT2D eigenvalue weighted by atomic mass is 15.2. The number of azide groups is 1. The molecule has 0 unspecified atom stereocenters. The second-order valence-electron chi connectivity index (χ2n) is 2.31. The van der Waals surface area contributed by atoms with Crippen molar-refractivity contribution < 1.29 is 0 Å². The molecular formula is C4H9N5. The number of hydrogen-bond acceptors (Lipinski definition) is 3. The molecule has 0 radical (unpaired) electrons. The molecule has 5 nitrogen and oxygen atoms in total. The summed E-state index contributed by atoms with van der Waals surface area (Å²) < 4.78 is 0. The van der Waals surface area contributed by atoms with Crippen LogP contribution >= 0.6 is 0 Å². The molecule has 0 fully saturated rings. The molecule has 9 heavy (non-hydrogen) atoms. The van der Waals surface area contributed by atoms with Crippen LogP contribution in [0.1, 0.15) is 13.8 Å². The van der Waals surface area contributed by atoms with Gasteiger partial charge in [0.15, 0.2) is 0 Å². The van der Waals surface area contributed by atoms with E-state index < -0.39 is 5.54 Å². The highest BCUT2D eigenvalue weighted by Gasteiger charge is 2.13. The van der Waals surface area contributed by atoms with Crippen molar-refractivity contribution in [2.75, 3.05) is 6.54 Å². The van der Waals surface area contributed by atoms with E-state index in [4.69, 9.17) is 11.1 Å². The van der Waals surface area contributed by atoms with Gasteiger partial charge in [0.1, 0.15) is 0 Å². The van der Waals surface area contributed by atoms with Crippen molar-refractivity contribution in [3.8, 4) is 0 Å². The molecule has 0 rings (SSSR count). The lowest BCUT2D eigenvalue weighted by Gasteiger charge is -2.11. The molecule has 5 heteroatoms. The van der Waals surface area contributed by atoms with Crippen molar-refractivity contribution in [3.05, 3.63) is 10.4 Å². The summed E-state index contributed by atoms with van der Waals surface area (Å²) in [6, 6.07) is 0. The van der Waals surface area contributed by atoms with Gasteiger partial charge in [-0.15, -0.1) is 0 Å². The summed E-state index contributed by atoms with van der Waals surface area (Å²) in [6.07, 6.45) is 0. The minimum Gasteiger partial charge on any atom is -0.209 e. The van der Waals surface area contributed by atoms with Gasteiger partial charge in [-0.05, 0) is 19.4 Å². The van der Waals surface area contributed by atoms with Gasteiger partial charge in [0.25, 0.3) is 0 Å². The number of nitrogens with zero attached hydrogens (tertiary/aromatic N) is 4. The third-order valence-corrected chi connectivity index (χ3v) is 0.824. The van der Waals surface area contributed by atoms with Crippen LogP contribution in [0.3, 0.4) is 0 Å². The molecule has 50 valence electrons. The van der Waals surface area contributed by atoms with Gasteiger partial charge < -0.3 is 0 Å². The van der Waals surface area contributed by atoms with E-state index in [0.29, 0.717) is 0 Å². The lowest BCUT2D eigenvalue weighted by Crippen LogP contribution is -2.19. The quantitative estimate of drug-likeness (QED) is 0.342. The van der Waals surface area contributed by atoms with Crippen molar-refractivity contribution in [2.24, 2.45) is 10.2 Å². The monoisotopic (exact) mass is 127 g/mol. The van der Waals surface area contributed by atoms with E-state index in [2.05, 4.69) is 15.1 Å². The van der Waals surface area contributed by atoms with E-state index >= 15 is 0 Å². The second kappa shape index (κ2) is 3.04. The molecule has 0 atom stereocenters. The summed E-state index contributed by atoms with van der Waals surface area (Å²) >= 11 is 0. The van der Waals surface area contributed by atoms with Gasteiger partial charge >= 0.3 is 0 Å². The molecule has 0 aliphatic carbocycles. The average Bonchev–Trinajstić information content (AvgIpc) is 1.84. The van der Waals surface area contributed by atoms with Crippen molar-refractivity contribution in [3.63, 3.8) is 0 Å². The zero-order chi connectivity index (χ0) is 7.33. The molecule has 0 saturated heterocycles. The summed E-state index contributed by atoms with van der Waals surface area (Å²) in [5, 5.41) is 6.52. The summed E-state index contributed by atoms with van der Waals surface area (Å²) in [5.74, 6) is 0. The van der Waals surface area contributed by atoms with Crippen LogP contribution in [0.15, 0.2) is 10.2 Å². The lowest BCUT2D eigenvalue weighted by atomic mass is 10.1. The van der Waals surface area contributed by atoms with Crippen LogP contribution in [0.2, 0.25) is 0 Å². The predicted octanol–water partition coefficient (Wildman–Crippen LogP) is 2.11. The largest absolute Gasteiger partial charge is 0.209 e. The number of nitrogens with one attached hydrogen (secondary N) is 1. The molecule has 0 aromatic rings. The van der Waals surface area contributed by atoms with Gasteiger partial charge in [-0.3, -0.25) is 0 Å². The van der Waals surface area contributed by atoms with Gasteiger partial charge in [0.05, 0.1) is 12.1 Å². The number of rotatable bonds is 3. The molecule has 0 saturated carbocycles. The van der Waals surface area contributed by atoms with Gasteiger partial charge in [0, 0.05) is 4.91 Å².